The highest BCUT2D eigenvalue weighted by atomic mass is 32.2. The molecule has 1 atom stereocenters. The number of carbonyl (C=O) groups is 2. The molecule has 2 aromatic rings. The van der Waals surface area contributed by atoms with Gasteiger partial charge in [0.2, 0.25) is 5.91 Å². The van der Waals surface area contributed by atoms with Crippen LogP contribution in [-0.2, 0) is 20.0 Å². The lowest BCUT2D eigenvalue weighted by atomic mass is 9.92. The van der Waals surface area contributed by atoms with Gasteiger partial charge in [-0.05, 0) is 24.3 Å². The highest BCUT2D eigenvalue weighted by Crippen LogP contribution is 2.30. The Morgan fingerprint density at radius 3 is 2.70 bits per heavy atom. The van der Waals surface area contributed by atoms with E-state index in [1.54, 1.807) is 16.1 Å². The van der Waals surface area contributed by atoms with E-state index >= 15 is 0 Å². The van der Waals surface area contributed by atoms with Crippen LogP contribution in [0.15, 0.2) is 22.9 Å². The van der Waals surface area contributed by atoms with Crippen LogP contribution >= 0.6 is 11.3 Å². The van der Waals surface area contributed by atoms with E-state index in [9.17, 15) is 18.0 Å². The zero-order valence-electron chi connectivity index (χ0n) is 17.5. The molecule has 0 aromatic carbocycles. The summed E-state index contributed by atoms with van der Waals surface area (Å²) in [4.78, 5) is 24.4. The smallest absolute Gasteiger partial charge is 0.252 e. The maximum atomic E-state index is 12.5. The maximum Gasteiger partial charge on any atom is 0.252 e. The van der Waals surface area contributed by atoms with Crippen molar-refractivity contribution in [1.82, 2.24) is 15.1 Å². The van der Waals surface area contributed by atoms with Gasteiger partial charge in [0, 0.05) is 35.4 Å². The molecular weight excluding hydrogens is 424 g/mol. The van der Waals surface area contributed by atoms with E-state index in [-0.39, 0.29) is 41.2 Å². The van der Waals surface area contributed by atoms with Crippen molar-refractivity contribution >= 4 is 38.8 Å². The minimum atomic E-state index is -3.07. The fraction of sp³-hybridized carbons (Fsp3) is 0.550. The molecule has 0 spiro atoms. The number of aromatic nitrogens is 2. The largest absolute Gasteiger partial charge is 0.352 e. The molecule has 3 heterocycles. The Bertz CT molecular complexity index is 1000. The molecule has 1 aliphatic heterocycles. The summed E-state index contributed by atoms with van der Waals surface area (Å²) in [6, 6.07) is 3.30. The van der Waals surface area contributed by atoms with E-state index in [4.69, 9.17) is 0 Å². The molecule has 1 fully saturated rings. The van der Waals surface area contributed by atoms with Crippen LogP contribution in [0.1, 0.15) is 62.1 Å². The third kappa shape index (κ3) is 5.69. The van der Waals surface area contributed by atoms with E-state index in [0.717, 1.165) is 5.69 Å². The quantitative estimate of drug-likeness (QED) is 0.628. The van der Waals surface area contributed by atoms with Crippen molar-refractivity contribution in [1.29, 1.82) is 0 Å². The molecule has 2 N–H and O–H groups in total. The molecule has 0 aliphatic carbocycles. The third-order valence-corrected chi connectivity index (χ3v) is 7.41. The van der Waals surface area contributed by atoms with E-state index in [1.165, 1.54) is 11.3 Å². The normalized spacial score (nSPS) is 18.3. The number of anilines is 1. The standard InChI is InChI=1S/C20H28N4O4S2/c1-20(2,3)16-11-17(24(23-16)15-7-10-30(27,28)13-15)22-18(25)5-4-8-21-19(26)14-6-9-29-12-14/h6,9,11-12,15H,4-5,7-8,10,13H2,1-3H3,(H,21,26)(H,22,25). The van der Waals surface area contributed by atoms with Crippen molar-refractivity contribution in [2.75, 3.05) is 23.4 Å². The van der Waals surface area contributed by atoms with Crippen LogP contribution in [0.4, 0.5) is 5.82 Å². The van der Waals surface area contributed by atoms with E-state index in [0.29, 0.717) is 30.8 Å². The van der Waals surface area contributed by atoms with E-state index in [1.807, 2.05) is 32.2 Å². The van der Waals surface area contributed by atoms with Crippen LogP contribution in [0, 0.1) is 0 Å². The first kappa shape index (κ1) is 22.5. The minimum Gasteiger partial charge on any atom is -0.352 e. The number of thiophene rings is 1. The first-order valence-corrected chi connectivity index (χ1v) is 12.7. The second kappa shape index (κ2) is 8.89. The van der Waals surface area contributed by atoms with Gasteiger partial charge in [0.25, 0.3) is 5.91 Å². The minimum absolute atomic E-state index is 0.0374. The molecule has 0 saturated carbocycles. The molecule has 1 unspecified atom stereocenters. The van der Waals surface area contributed by atoms with Gasteiger partial charge in [-0.3, -0.25) is 9.59 Å². The van der Waals surface area contributed by atoms with Gasteiger partial charge in [-0.2, -0.15) is 16.4 Å². The predicted octanol–water partition coefficient (Wildman–Crippen LogP) is 2.75. The Morgan fingerprint density at radius 1 is 1.33 bits per heavy atom. The number of nitrogens with one attached hydrogen (secondary N) is 2. The van der Waals surface area contributed by atoms with Crippen molar-refractivity contribution in [2.45, 2.75) is 51.5 Å². The molecule has 1 aliphatic rings. The summed E-state index contributed by atoms with van der Waals surface area (Å²) in [5.74, 6) is 0.360. The summed E-state index contributed by atoms with van der Waals surface area (Å²) in [6.45, 7) is 6.46. The number of hydrogen-bond donors (Lipinski definition) is 2. The lowest BCUT2D eigenvalue weighted by Crippen LogP contribution is -2.25. The Balaban J connectivity index is 1.59. The molecule has 2 amide bonds. The fourth-order valence-electron chi connectivity index (χ4n) is 3.25. The summed E-state index contributed by atoms with van der Waals surface area (Å²) in [5, 5.41) is 13.9. The number of sulfone groups is 1. The second-order valence-corrected chi connectivity index (χ2v) is 11.6. The van der Waals surface area contributed by atoms with Crippen LogP contribution in [0.25, 0.3) is 0 Å². The SMILES string of the molecule is CC(C)(C)c1cc(NC(=O)CCCNC(=O)c2ccsc2)n(C2CCS(=O)(=O)C2)n1. The van der Waals surface area contributed by atoms with Crippen LogP contribution in [0.3, 0.4) is 0 Å². The van der Waals surface area contributed by atoms with E-state index < -0.39 is 9.84 Å². The lowest BCUT2D eigenvalue weighted by Gasteiger charge is -2.15. The Kier molecular flexibility index (Phi) is 6.66. The number of rotatable bonds is 7. The van der Waals surface area contributed by atoms with Crippen LogP contribution in [0.5, 0.6) is 0 Å². The number of carbonyl (C=O) groups excluding carboxylic acids is 2. The molecule has 8 nitrogen and oxygen atoms in total. The molecule has 3 rings (SSSR count). The summed E-state index contributed by atoms with van der Waals surface area (Å²) in [7, 11) is -3.07. The number of amides is 2. The second-order valence-electron chi connectivity index (χ2n) is 8.59. The highest BCUT2D eigenvalue weighted by Gasteiger charge is 2.32. The van der Waals surface area contributed by atoms with Gasteiger partial charge in [0.05, 0.1) is 23.2 Å². The van der Waals surface area contributed by atoms with Crippen LogP contribution in [0.2, 0.25) is 0 Å². The monoisotopic (exact) mass is 452 g/mol. The zero-order valence-corrected chi connectivity index (χ0v) is 19.1. The van der Waals surface area contributed by atoms with Gasteiger partial charge >= 0.3 is 0 Å². The van der Waals surface area contributed by atoms with Crippen LogP contribution in [-0.4, -0.2) is 48.1 Å². The highest BCUT2D eigenvalue weighted by molar-refractivity contribution is 7.91. The Labute approximate surface area is 181 Å². The molecule has 2 aromatic heterocycles. The van der Waals surface area contributed by atoms with Gasteiger partial charge < -0.3 is 10.6 Å². The molecule has 10 heteroatoms. The summed E-state index contributed by atoms with van der Waals surface area (Å²) >= 11 is 1.46. The number of hydrogen-bond acceptors (Lipinski definition) is 6. The molecular formula is C20H28N4O4S2. The average Bonchev–Trinajstić information content (AvgIpc) is 3.37. The Morgan fingerprint density at radius 2 is 2.10 bits per heavy atom. The topological polar surface area (TPSA) is 110 Å². The van der Waals surface area contributed by atoms with Crippen molar-refractivity contribution < 1.29 is 18.0 Å². The van der Waals surface area contributed by atoms with E-state index in [2.05, 4.69) is 15.7 Å². The average molecular weight is 453 g/mol. The fourth-order valence-corrected chi connectivity index (χ4v) is 5.58. The summed E-state index contributed by atoms with van der Waals surface area (Å²) in [6.07, 6.45) is 1.23. The lowest BCUT2D eigenvalue weighted by molar-refractivity contribution is -0.116. The predicted molar refractivity (Wildman–Crippen MR) is 118 cm³/mol. The molecule has 164 valence electrons. The molecule has 30 heavy (non-hydrogen) atoms. The van der Waals surface area contributed by atoms with Crippen LogP contribution < -0.4 is 10.6 Å². The summed E-state index contributed by atoms with van der Waals surface area (Å²) < 4.78 is 25.5. The van der Waals surface area contributed by atoms with Gasteiger partial charge in [-0.1, -0.05) is 20.8 Å². The van der Waals surface area contributed by atoms with Gasteiger partial charge in [-0.25, -0.2) is 13.1 Å². The van der Waals surface area contributed by atoms with Crippen molar-refractivity contribution in [3.05, 3.63) is 34.2 Å². The van der Waals surface area contributed by atoms with Crippen molar-refractivity contribution in [3.63, 3.8) is 0 Å². The van der Waals surface area contributed by atoms with Gasteiger partial charge in [0.1, 0.15) is 5.82 Å². The molecule has 1 saturated heterocycles. The van der Waals surface area contributed by atoms with Crippen molar-refractivity contribution in [3.8, 4) is 0 Å². The van der Waals surface area contributed by atoms with Crippen molar-refractivity contribution in [2.24, 2.45) is 0 Å². The first-order valence-electron chi connectivity index (χ1n) is 9.96. The van der Waals surface area contributed by atoms with Gasteiger partial charge in [0.15, 0.2) is 9.84 Å². The third-order valence-electron chi connectivity index (χ3n) is 4.98. The maximum absolute atomic E-state index is 12.5. The Hall–Kier alpha value is -2.20. The molecule has 0 bridgehead atoms. The summed E-state index contributed by atoms with van der Waals surface area (Å²) in [5.41, 5.74) is 1.19. The molecule has 0 radical (unpaired) electrons. The van der Waals surface area contributed by atoms with Gasteiger partial charge in [-0.15, -0.1) is 0 Å². The zero-order chi connectivity index (χ0) is 21.9. The first-order chi connectivity index (χ1) is 14.0. The number of nitrogens with zero attached hydrogens (tertiary/aromatic N) is 2.